The number of carbonyl (C=O) groups is 1. The van der Waals surface area contributed by atoms with Crippen LogP contribution < -0.4 is 11.1 Å². The molecule has 2 aromatic rings. The normalized spacial score (nSPS) is 10.2. The van der Waals surface area contributed by atoms with Crippen molar-refractivity contribution in [3.05, 3.63) is 24.5 Å². The number of aromatic amines is 1. The molecular weight excluding hydrogens is 168 g/mol. The van der Waals surface area contributed by atoms with Crippen molar-refractivity contribution in [3.8, 4) is 0 Å². The van der Waals surface area contributed by atoms with E-state index in [9.17, 15) is 4.79 Å². The molecule has 2 rings (SSSR count). The van der Waals surface area contributed by atoms with Gasteiger partial charge in [-0.25, -0.2) is 9.78 Å². The Morgan fingerprint density at radius 2 is 2.46 bits per heavy atom. The van der Waals surface area contributed by atoms with Crippen molar-refractivity contribution in [2.24, 2.45) is 5.73 Å². The number of hydrogen-bond acceptors (Lipinski definition) is 2. The molecule has 2 heterocycles. The van der Waals surface area contributed by atoms with Crippen LogP contribution in [0.1, 0.15) is 0 Å². The number of aromatic nitrogens is 2. The lowest BCUT2D eigenvalue weighted by atomic mass is 10.3. The minimum atomic E-state index is -0.613. The summed E-state index contributed by atoms with van der Waals surface area (Å²) in [5.74, 6) is 0.447. The van der Waals surface area contributed by atoms with Crippen molar-refractivity contribution in [2.75, 3.05) is 5.32 Å². The van der Waals surface area contributed by atoms with Gasteiger partial charge in [-0.1, -0.05) is 0 Å². The van der Waals surface area contributed by atoms with Crippen LogP contribution in [-0.2, 0) is 0 Å². The number of nitrogens with zero attached hydrogens (tertiary/aromatic N) is 1. The van der Waals surface area contributed by atoms with E-state index in [0.717, 1.165) is 10.9 Å². The smallest absolute Gasteiger partial charge is 0.317 e. The van der Waals surface area contributed by atoms with E-state index in [1.54, 1.807) is 18.5 Å². The highest BCUT2D eigenvalue weighted by Gasteiger charge is 1.99. The lowest BCUT2D eigenvalue weighted by molar-refractivity contribution is 0.259. The summed E-state index contributed by atoms with van der Waals surface area (Å²) in [6.45, 7) is 0. The molecule has 0 spiro atoms. The van der Waals surface area contributed by atoms with Crippen LogP contribution in [0.3, 0.4) is 0 Å². The molecule has 13 heavy (non-hydrogen) atoms. The number of nitrogens with one attached hydrogen (secondary N) is 2. The van der Waals surface area contributed by atoms with Gasteiger partial charge in [-0.2, -0.15) is 0 Å². The Morgan fingerprint density at radius 3 is 3.23 bits per heavy atom. The predicted octanol–water partition coefficient (Wildman–Crippen LogP) is 1.05. The zero-order valence-electron chi connectivity index (χ0n) is 6.74. The summed E-state index contributed by atoms with van der Waals surface area (Å²) < 4.78 is 0. The van der Waals surface area contributed by atoms with Crippen LogP contribution >= 0.6 is 0 Å². The maximum absolute atomic E-state index is 10.5. The molecule has 0 unspecified atom stereocenters. The molecule has 0 aliphatic rings. The lowest BCUT2D eigenvalue weighted by Crippen LogP contribution is -2.19. The van der Waals surface area contributed by atoms with Crippen molar-refractivity contribution in [1.82, 2.24) is 9.97 Å². The molecule has 0 saturated carbocycles. The highest BCUT2D eigenvalue weighted by Crippen LogP contribution is 2.13. The molecule has 66 valence electrons. The van der Waals surface area contributed by atoms with Gasteiger partial charge in [-0.15, -0.1) is 0 Å². The van der Waals surface area contributed by atoms with Crippen molar-refractivity contribution in [3.63, 3.8) is 0 Å². The Kier molecular flexibility index (Phi) is 1.63. The maximum Gasteiger partial charge on any atom is 0.317 e. The van der Waals surface area contributed by atoms with Gasteiger partial charge in [0.1, 0.15) is 5.82 Å². The van der Waals surface area contributed by atoms with Crippen molar-refractivity contribution in [2.45, 2.75) is 0 Å². The number of urea groups is 1. The van der Waals surface area contributed by atoms with Gasteiger partial charge in [0.25, 0.3) is 0 Å². The molecule has 0 aromatic carbocycles. The van der Waals surface area contributed by atoms with Crippen LogP contribution in [0.2, 0.25) is 0 Å². The lowest BCUT2D eigenvalue weighted by Gasteiger charge is -1.99. The fourth-order valence-corrected chi connectivity index (χ4v) is 1.14. The van der Waals surface area contributed by atoms with E-state index in [4.69, 9.17) is 5.73 Å². The molecule has 0 bridgehead atoms. The number of carbonyl (C=O) groups excluding carboxylic acids is 1. The summed E-state index contributed by atoms with van der Waals surface area (Å²) in [5, 5.41) is 3.39. The van der Waals surface area contributed by atoms with Gasteiger partial charge in [0.05, 0.1) is 5.52 Å². The quantitative estimate of drug-likeness (QED) is 0.606. The second kappa shape index (κ2) is 2.78. The first-order chi connectivity index (χ1) is 6.25. The predicted molar refractivity (Wildman–Crippen MR) is 49.3 cm³/mol. The summed E-state index contributed by atoms with van der Waals surface area (Å²) >= 11 is 0. The van der Waals surface area contributed by atoms with Crippen molar-refractivity contribution < 1.29 is 4.79 Å². The fraction of sp³-hybridized carbons (Fsp3) is 0. The number of fused-ring (bicyclic) bond motifs is 1. The number of nitrogens with two attached hydrogens (primary N) is 1. The fourth-order valence-electron chi connectivity index (χ4n) is 1.14. The molecule has 0 aliphatic carbocycles. The van der Waals surface area contributed by atoms with Crippen LogP contribution in [0.25, 0.3) is 10.9 Å². The van der Waals surface area contributed by atoms with Crippen LogP contribution in [0.15, 0.2) is 24.5 Å². The number of rotatable bonds is 1. The van der Waals surface area contributed by atoms with Crippen LogP contribution in [-0.4, -0.2) is 16.0 Å². The SMILES string of the molecule is NC(=O)Nc1cc2[nH]ccc2cn1. The van der Waals surface area contributed by atoms with Gasteiger partial charge < -0.3 is 10.7 Å². The van der Waals surface area contributed by atoms with E-state index in [0.29, 0.717) is 5.82 Å². The minimum Gasteiger partial charge on any atom is -0.361 e. The number of pyridine rings is 1. The van der Waals surface area contributed by atoms with E-state index >= 15 is 0 Å². The Morgan fingerprint density at radius 1 is 1.62 bits per heavy atom. The molecule has 2 amide bonds. The molecule has 0 atom stereocenters. The molecule has 0 radical (unpaired) electrons. The summed E-state index contributed by atoms with van der Waals surface area (Å²) in [5.41, 5.74) is 5.86. The second-order valence-electron chi connectivity index (χ2n) is 2.62. The third kappa shape index (κ3) is 1.44. The number of primary amides is 1. The van der Waals surface area contributed by atoms with Crippen molar-refractivity contribution in [1.29, 1.82) is 0 Å². The molecular formula is C8H8N4O. The third-order valence-corrected chi connectivity index (χ3v) is 1.69. The van der Waals surface area contributed by atoms with Gasteiger partial charge in [-0.05, 0) is 6.07 Å². The van der Waals surface area contributed by atoms with Gasteiger partial charge in [-0.3, -0.25) is 5.32 Å². The van der Waals surface area contributed by atoms with Crippen LogP contribution in [0.4, 0.5) is 10.6 Å². The Balaban J connectivity index is 2.42. The van der Waals surface area contributed by atoms with Crippen molar-refractivity contribution >= 4 is 22.8 Å². The first kappa shape index (κ1) is 7.60. The van der Waals surface area contributed by atoms with Gasteiger partial charge in [0.15, 0.2) is 0 Å². The zero-order chi connectivity index (χ0) is 9.26. The standard InChI is InChI=1S/C8H8N4O/c9-8(13)12-7-3-6-5(4-11-7)1-2-10-6/h1-4,10H,(H3,9,11,12,13). The molecule has 4 N–H and O–H groups in total. The summed E-state index contributed by atoms with van der Waals surface area (Å²) in [6, 6.07) is 3.01. The van der Waals surface area contributed by atoms with E-state index in [-0.39, 0.29) is 0 Å². The van der Waals surface area contributed by atoms with Gasteiger partial charge in [0, 0.05) is 23.8 Å². The minimum absolute atomic E-state index is 0.447. The van der Waals surface area contributed by atoms with Gasteiger partial charge in [0.2, 0.25) is 0 Å². The molecule has 5 nitrogen and oxygen atoms in total. The number of hydrogen-bond donors (Lipinski definition) is 3. The number of H-pyrrole nitrogens is 1. The summed E-state index contributed by atoms with van der Waals surface area (Å²) in [6.07, 6.45) is 3.47. The largest absolute Gasteiger partial charge is 0.361 e. The van der Waals surface area contributed by atoms with E-state index in [2.05, 4.69) is 15.3 Å². The Hall–Kier alpha value is -2.04. The second-order valence-corrected chi connectivity index (χ2v) is 2.62. The first-order valence-corrected chi connectivity index (χ1v) is 3.75. The molecule has 5 heteroatoms. The zero-order valence-corrected chi connectivity index (χ0v) is 6.74. The number of anilines is 1. The Labute approximate surface area is 74.0 Å². The van der Waals surface area contributed by atoms with Gasteiger partial charge >= 0.3 is 6.03 Å². The highest BCUT2D eigenvalue weighted by molar-refractivity contribution is 5.89. The first-order valence-electron chi connectivity index (χ1n) is 3.75. The van der Waals surface area contributed by atoms with E-state index < -0.39 is 6.03 Å². The molecule has 0 fully saturated rings. The number of amides is 2. The third-order valence-electron chi connectivity index (χ3n) is 1.69. The van der Waals surface area contributed by atoms with E-state index in [1.807, 2.05) is 6.07 Å². The highest BCUT2D eigenvalue weighted by atomic mass is 16.2. The van der Waals surface area contributed by atoms with E-state index in [1.165, 1.54) is 0 Å². The topological polar surface area (TPSA) is 83.8 Å². The summed E-state index contributed by atoms with van der Waals surface area (Å²) in [7, 11) is 0. The monoisotopic (exact) mass is 176 g/mol. The average molecular weight is 176 g/mol. The molecule has 0 aliphatic heterocycles. The van der Waals surface area contributed by atoms with Crippen LogP contribution in [0, 0.1) is 0 Å². The summed E-state index contributed by atoms with van der Waals surface area (Å²) in [4.78, 5) is 17.5. The maximum atomic E-state index is 10.5. The molecule has 2 aromatic heterocycles. The molecule has 0 saturated heterocycles. The average Bonchev–Trinajstić information content (AvgIpc) is 2.49. The van der Waals surface area contributed by atoms with Crippen LogP contribution in [0.5, 0.6) is 0 Å². The Bertz CT molecular complexity index is 448.